The maximum Gasteiger partial charge on any atom is 0.0713 e. The van der Waals surface area contributed by atoms with Crippen molar-refractivity contribution >= 4 is 0 Å². The first-order valence-corrected chi connectivity index (χ1v) is 7.69. The maximum atomic E-state index is 5.15. The lowest BCUT2D eigenvalue weighted by molar-refractivity contribution is 0.117. The summed E-state index contributed by atoms with van der Waals surface area (Å²) in [7, 11) is 1.74. The Kier molecular flexibility index (Phi) is 6.02. The van der Waals surface area contributed by atoms with Crippen LogP contribution in [0.25, 0.3) is 0 Å². The highest BCUT2D eigenvalue weighted by atomic mass is 16.5. The summed E-state index contributed by atoms with van der Waals surface area (Å²) >= 11 is 0. The van der Waals surface area contributed by atoms with Crippen LogP contribution in [0.3, 0.4) is 0 Å². The summed E-state index contributed by atoms with van der Waals surface area (Å²) in [5.74, 6) is 0.773. The molecule has 0 spiro atoms. The average Bonchev–Trinajstić information content (AvgIpc) is 2.43. The van der Waals surface area contributed by atoms with E-state index >= 15 is 0 Å². The molecule has 3 heteroatoms. The Labute approximate surface area is 123 Å². The van der Waals surface area contributed by atoms with Crippen molar-refractivity contribution < 1.29 is 4.74 Å². The standard InChI is InChI=1S/C17H28N2O/c1-15(2)12-18-8-10-19(11-9-18)13-16-4-6-17(7-5-16)14-20-3/h4-7,15H,8-14H2,1-3H3. The second kappa shape index (κ2) is 7.77. The van der Waals surface area contributed by atoms with Crippen molar-refractivity contribution in [2.75, 3.05) is 39.8 Å². The molecule has 2 rings (SSSR count). The van der Waals surface area contributed by atoms with Crippen LogP contribution in [0.2, 0.25) is 0 Å². The van der Waals surface area contributed by atoms with Gasteiger partial charge in [0.25, 0.3) is 0 Å². The largest absolute Gasteiger partial charge is 0.380 e. The van der Waals surface area contributed by atoms with Gasteiger partial charge in [-0.25, -0.2) is 0 Å². The second-order valence-corrected chi connectivity index (χ2v) is 6.22. The summed E-state index contributed by atoms with van der Waals surface area (Å²) in [6.45, 7) is 12.4. The molecule has 0 saturated carbocycles. The van der Waals surface area contributed by atoms with E-state index in [0.29, 0.717) is 6.61 Å². The van der Waals surface area contributed by atoms with Crippen LogP contribution in [0.4, 0.5) is 0 Å². The van der Waals surface area contributed by atoms with Gasteiger partial charge in [-0.3, -0.25) is 4.90 Å². The van der Waals surface area contributed by atoms with Gasteiger partial charge in [-0.15, -0.1) is 0 Å². The van der Waals surface area contributed by atoms with Gasteiger partial charge >= 0.3 is 0 Å². The van der Waals surface area contributed by atoms with E-state index in [9.17, 15) is 0 Å². The van der Waals surface area contributed by atoms with E-state index < -0.39 is 0 Å². The second-order valence-electron chi connectivity index (χ2n) is 6.22. The summed E-state index contributed by atoms with van der Waals surface area (Å²) in [6, 6.07) is 8.81. The van der Waals surface area contributed by atoms with Crippen LogP contribution in [0.15, 0.2) is 24.3 Å². The number of rotatable bonds is 6. The molecule has 1 saturated heterocycles. The van der Waals surface area contributed by atoms with E-state index in [0.717, 1.165) is 12.5 Å². The molecule has 1 fully saturated rings. The minimum atomic E-state index is 0.703. The average molecular weight is 276 g/mol. The molecule has 0 aliphatic carbocycles. The van der Waals surface area contributed by atoms with E-state index in [1.165, 1.54) is 43.9 Å². The molecule has 3 nitrogen and oxygen atoms in total. The first-order valence-electron chi connectivity index (χ1n) is 7.69. The van der Waals surface area contributed by atoms with Crippen LogP contribution in [0.5, 0.6) is 0 Å². The lowest BCUT2D eigenvalue weighted by Crippen LogP contribution is -2.46. The summed E-state index contributed by atoms with van der Waals surface area (Å²) in [5, 5.41) is 0. The number of hydrogen-bond acceptors (Lipinski definition) is 3. The van der Waals surface area contributed by atoms with Gasteiger partial charge in [-0.2, -0.15) is 0 Å². The Morgan fingerprint density at radius 3 is 2.05 bits per heavy atom. The zero-order chi connectivity index (χ0) is 14.4. The van der Waals surface area contributed by atoms with Crippen LogP contribution < -0.4 is 0 Å². The lowest BCUT2D eigenvalue weighted by atomic mass is 10.1. The van der Waals surface area contributed by atoms with Crippen LogP contribution in [0.1, 0.15) is 25.0 Å². The smallest absolute Gasteiger partial charge is 0.0713 e. The summed E-state index contributed by atoms with van der Waals surface area (Å²) in [5.41, 5.74) is 2.65. The van der Waals surface area contributed by atoms with Gasteiger partial charge in [0.2, 0.25) is 0 Å². The van der Waals surface area contributed by atoms with E-state index in [2.05, 4.69) is 47.9 Å². The van der Waals surface area contributed by atoms with Crippen molar-refractivity contribution in [1.82, 2.24) is 9.80 Å². The van der Waals surface area contributed by atoms with Gasteiger partial charge in [0.1, 0.15) is 0 Å². The molecule has 112 valence electrons. The molecular weight excluding hydrogens is 248 g/mol. The quantitative estimate of drug-likeness (QED) is 0.794. The minimum absolute atomic E-state index is 0.703. The van der Waals surface area contributed by atoms with Crippen LogP contribution >= 0.6 is 0 Å². The fourth-order valence-corrected chi connectivity index (χ4v) is 2.81. The first kappa shape index (κ1) is 15.5. The Hall–Kier alpha value is -0.900. The molecule has 1 aromatic carbocycles. The molecule has 1 heterocycles. The monoisotopic (exact) mass is 276 g/mol. The molecule has 0 atom stereocenters. The van der Waals surface area contributed by atoms with Crippen molar-refractivity contribution in [1.29, 1.82) is 0 Å². The molecule has 20 heavy (non-hydrogen) atoms. The molecule has 1 aliphatic heterocycles. The highest BCUT2D eigenvalue weighted by Gasteiger charge is 2.17. The summed E-state index contributed by atoms with van der Waals surface area (Å²) < 4.78 is 5.15. The van der Waals surface area contributed by atoms with E-state index in [1.807, 2.05) is 0 Å². The van der Waals surface area contributed by atoms with Crippen LogP contribution in [0, 0.1) is 5.92 Å². The Bertz CT molecular complexity index is 380. The van der Waals surface area contributed by atoms with Crippen LogP contribution in [-0.4, -0.2) is 49.6 Å². The fraction of sp³-hybridized carbons (Fsp3) is 0.647. The van der Waals surface area contributed by atoms with Gasteiger partial charge in [0, 0.05) is 46.4 Å². The first-order chi connectivity index (χ1) is 9.67. The third-order valence-corrected chi connectivity index (χ3v) is 3.83. The predicted molar refractivity (Wildman–Crippen MR) is 83.7 cm³/mol. The van der Waals surface area contributed by atoms with Crippen molar-refractivity contribution in [3.63, 3.8) is 0 Å². The lowest BCUT2D eigenvalue weighted by Gasteiger charge is -2.35. The minimum Gasteiger partial charge on any atom is -0.380 e. The van der Waals surface area contributed by atoms with Crippen molar-refractivity contribution in [3.8, 4) is 0 Å². The van der Waals surface area contributed by atoms with Gasteiger partial charge in [-0.05, 0) is 17.0 Å². The Morgan fingerprint density at radius 1 is 0.950 bits per heavy atom. The summed E-state index contributed by atoms with van der Waals surface area (Å²) in [6.07, 6.45) is 0. The number of hydrogen-bond donors (Lipinski definition) is 0. The normalized spacial score (nSPS) is 17.8. The number of ether oxygens (including phenoxy) is 1. The zero-order valence-corrected chi connectivity index (χ0v) is 13.1. The van der Waals surface area contributed by atoms with Crippen molar-refractivity contribution in [2.24, 2.45) is 5.92 Å². The predicted octanol–water partition coefficient (Wildman–Crippen LogP) is 2.61. The molecule has 0 N–H and O–H groups in total. The number of methoxy groups -OCH3 is 1. The SMILES string of the molecule is COCc1ccc(CN2CCN(CC(C)C)CC2)cc1. The van der Waals surface area contributed by atoms with Crippen molar-refractivity contribution in [3.05, 3.63) is 35.4 Å². The number of nitrogens with zero attached hydrogens (tertiary/aromatic N) is 2. The molecule has 0 aromatic heterocycles. The Morgan fingerprint density at radius 2 is 1.50 bits per heavy atom. The molecule has 0 radical (unpaired) electrons. The van der Waals surface area contributed by atoms with Crippen LogP contribution in [-0.2, 0) is 17.9 Å². The third-order valence-electron chi connectivity index (χ3n) is 3.83. The highest BCUT2D eigenvalue weighted by Crippen LogP contribution is 2.11. The Balaban J connectivity index is 1.77. The zero-order valence-electron chi connectivity index (χ0n) is 13.1. The third kappa shape index (κ3) is 4.89. The highest BCUT2D eigenvalue weighted by molar-refractivity contribution is 5.22. The number of benzene rings is 1. The van der Waals surface area contributed by atoms with E-state index in [1.54, 1.807) is 7.11 Å². The molecular formula is C17H28N2O. The van der Waals surface area contributed by atoms with Gasteiger partial charge in [0.15, 0.2) is 0 Å². The fourth-order valence-electron chi connectivity index (χ4n) is 2.81. The molecule has 0 unspecified atom stereocenters. The molecule has 1 aromatic rings. The number of piperazine rings is 1. The van der Waals surface area contributed by atoms with E-state index in [4.69, 9.17) is 4.74 Å². The molecule has 0 bridgehead atoms. The van der Waals surface area contributed by atoms with E-state index in [-0.39, 0.29) is 0 Å². The molecule has 0 amide bonds. The topological polar surface area (TPSA) is 15.7 Å². The van der Waals surface area contributed by atoms with Gasteiger partial charge < -0.3 is 9.64 Å². The van der Waals surface area contributed by atoms with Gasteiger partial charge in [-0.1, -0.05) is 38.1 Å². The van der Waals surface area contributed by atoms with Gasteiger partial charge in [0.05, 0.1) is 6.61 Å². The molecule has 1 aliphatic rings. The van der Waals surface area contributed by atoms with Crippen molar-refractivity contribution in [2.45, 2.75) is 27.0 Å². The summed E-state index contributed by atoms with van der Waals surface area (Å²) in [4.78, 5) is 5.14. The maximum absolute atomic E-state index is 5.15.